The maximum atomic E-state index is 13.4. The molecule has 2 fully saturated rings. The molecule has 0 bridgehead atoms. The highest BCUT2D eigenvalue weighted by Crippen LogP contribution is 2.36. The van der Waals surface area contributed by atoms with Gasteiger partial charge in [0.15, 0.2) is 0 Å². The van der Waals surface area contributed by atoms with Gasteiger partial charge in [-0.1, -0.05) is 26.7 Å². The van der Waals surface area contributed by atoms with Gasteiger partial charge in [-0.05, 0) is 44.8 Å². The summed E-state index contributed by atoms with van der Waals surface area (Å²) in [6, 6.07) is 0.482. The molecule has 1 atom stereocenters. The number of hydrogen-bond donors (Lipinski definition) is 0. The van der Waals surface area contributed by atoms with Gasteiger partial charge in [-0.15, -0.1) is 11.3 Å². The predicted molar refractivity (Wildman–Crippen MR) is 120 cm³/mol. The van der Waals surface area contributed by atoms with Gasteiger partial charge in [0.2, 0.25) is 0 Å². The molecule has 29 heavy (non-hydrogen) atoms. The fourth-order valence-electron chi connectivity index (χ4n) is 4.89. The van der Waals surface area contributed by atoms with Crippen molar-refractivity contribution in [3.63, 3.8) is 0 Å². The first-order valence-corrected chi connectivity index (χ1v) is 12.0. The van der Waals surface area contributed by atoms with Crippen LogP contribution in [0.25, 0.3) is 10.2 Å². The molecule has 2 saturated heterocycles. The van der Waals surface area contributed by atoms with Crippen molar-refractivity contribution in [2.24, 2.45) is 0 Å². The van der Waals surface area contributed by atoms with Gasteiger partial charge in [0.25, 0.3) is 5.91 Å². The molecule has 2 aliphatic heterocycles. The number of anilines is 1. The fraction of sp³-hybridized carbons (Fsp3) is 0.682. The van der Waals surface area contributed by atoms with Gasteiger partial charge in [-0.2, -0.15) is 0 Å². The summed E-state index contributed by atoms with van der Waals surface area (Å²) in [5.74, 6) is 1.19. The van der Waals surface area contributed by atoms with Crippen molar-refractivity contribution in [3.8, 4) is 0 Å². The first-order valence-electron chi connectivity index (χ1n) is 11.2. The molecule has 6 nitrogen and oxygen atoms in total. The molecule has 1 amide bonds. The maximum Gasteiger partial charge on any atom is 0.264 e. The monoisotopic (exact) mass is 415 g/mol. The van der Waals surface area contributed by atoms with Crippen LogP contribution in [0.2, 0.25) is 0 Å². The van der Waals surface area contributed by atoms with Crippen molar-refractivity contribution in [1.82, 2.24) is 19.8 Å². The SMILES string of the molecule is CCN(CC)[C@H]1CCN(C(=O)c2sc3ncnc(N4CCCCCC4)c3c2C)C1. The average molecular weight is 416 g/mol. The number of nitrogens with zero attached hydrogens (tertiary/aromatic N) is 5. The molecule has 0 spiro atoms. The number of likely N-dealkylation sites (N-methyl/N-ethyl adjacent to an activating group) is 1. The number of carbonyl (C=O) groups is 1. The third kappa shape index (κ3) is 3.99. The van der Waals surface area contributed by atoms with Crippen molar-refractivity contribution in [2.75, 3.05) is 44.2 Å². The van der Waals surface area contributed by atoms with E-state index in [4.69, 9.17) is 0 Å². The zero-order valence-electron chi connectivity index (χ0n) is 18.0. The van der Waals surface area contributed by atoms with Crippen LogP contribution in [0.5, 0.6) is 0 Å². The lowest BCUT2D eigenvalue weighted by molar-refractivity contribution is 0.0782. The number of thiophene rings is 1. The number of aromatic nitrogens is 2. The summed E-state index contributed by atoms with van der Waals surface area (Å²) in [6.45, 7) is 12.3. The number of aryl methyl sites for hydroxylation is 1. The molecule has 0 aromatic carbocycles. The Balaban J connectivity index is 1.61. The van der Waals surface area contributed by atoms with Crippen LogP contribution in [0.1, 0.15) is 61.2 Å². The Kier molecular flexibility index (Phi) is 6.35. The third-order valence-corrected chi connectivity index (χ3v) is 7.77. The molecular formula is C22H33N5OS. The van der Waals surface area contributed by atoms with E-state index in [1.165, 1.54) is 25.7 Å². The standard InChI is InChI=1S/C22H33N5OS/c1-4-25(5-2)17-10-13-27(14-17)22(28)19-16(3)18-20(23-15-24-21(18)29-19)26-11-8-6-7-9-12-26/h15,17H,4-14H2,1-3H3/t17-/m0/s1. The number of fused-ring (bicyclic) bond motifs is 1. The Morgan fingerprint density at radius 1 is 1.14 bits per heavy atom. The van der Waals surface area contributed by atoms with Crippen LogP contribution >= 0.6 is 11.3 Å². The lowest BCUT2D eigenvalue weighted by Crippen LogP contribution is -2.38. The van der Waals surface area contributed by atoms with Gasteiger partial charge < -0.3 is 9.80 Å². The highest BCUT2D eigenvalue weighted by atomic mass is 32.1. The van der Waals surface area contributed by atoms with E-state index in [1.807, 2.05) is 4.90 Å². The second-order valence-electron chi connectivity index (χ2n) is 8.25. The summed E-state index contributed by atoms with van der Waals surface area (Å²) in [5.41, 5.74) is 1.06. The van der Waals surface area contributed by atoms with Crippen LogP contribution in [0.15, 0.2) is 6.33 Å². The van der Waals surface area contributed by atoms with Crippen molar-refractivity contribution in [3.05, 3.63) is 16.8 Å². The Labute approximate surface area is 177 Å². The van der Waals surface area contributed by atoms with Crippen LogP contribution in [-0.4, -0.2) is 71.0 Å². The van der Waals surface area contributed by atoms with E-state index < -0.39 is 0 Å². The predicted octanol–water partition coefficient (Wildman–Crippen LogP) is 3.94. The van der Waals surface area contributed by atoms with E-state index in [1.54, 1.807) is 17.7 Å². The molecule has 0 N–H and O–H groups in total. The number of hydrogen-bond acceptors (Lipinski definition) is 6. The number of carbonyl (C=O) groups excluding carboxylic acids is 1. The zero-order valence-corrected chi connectivity index (χ0v) is 18.8. The summed E-state index contributed by atoms with van der Waals surface area (Å²) >= 11 is 1.54. The molecule has 2 aromatic rings. The molecule has 0 unspecified atom stereocenters. The second kappa shape index (κ2) is 8.96. The lowest BCUT2D eigenvalue weighted by atomic mass is 10.1. The van der Waals surface area contributed by atoms with Crippen molar-refractivity contribution in [1.29, 1.82) is 0 Å². The molecule has 2 aliphatic rings. The highest BCUT2D eigenvalue weighted by molar-refractivity contribution is 7.20. The average Bonchev–Trinajstić information content (AvgIpc) is 3.24. The molecule has 0 saturated carbocycles. The zero-order chi connectivity index (χ0) is 20.4. The van der Waals surface area contributed by atoms with Crippen LogP contribution < -0.4 is 4.90 Å². The number of rotatable bonds is 5. The normalized spacial score (nSPS) is 20.6. The minimum atomic E-state index is 0.168. The smallest absolute Gasteiger partial charge is 0.264 e. The van der Waals surface area contributed by atoms with E-state index in [-0.39, 0.29) is 5.91 Å². The molecule has 4 rings (SSSR count). The van der Waals surface area contributed by atoms with E-state index in [0.717, 1.165) is 72.2 Å². The molecule has 2 aromatic heterocycles. The minimum absolute atomic E-state index is 0.168. The number of likely N-dealkylation sites (tertiary alicyclic amines) is 1. The lowest BCUT2D eigenvalue weighted by Gasteiger charge is -2.26. The largest absolute Gasteiger partial charge is 0.356 e. The van der Waals surface area contributed by atoms with Gasteiger partial charge in [0, 0.05) is 32.2 Å². The Hall–Kier alpha value is -1.73. The second-order valence-corrected chi connectivity index (χ2v) is 9.25. The van der Waals surface area contributed by atoms with Gasteiger partial charge in [0.05, 0.1) is 10.3 Å². The van der Waals surface area contributed by atoms with Crippen LogP contribution in [0, 0.1) is 6.92 Å². The van der Waals surface area contributed by atoms with Gasteiger partial charge >= 0.3 is 0 Å². The Bertz CT molecular complexity index is 854. The van der Waals surface area contributed by atoms with Crippen molar-refractivity contribution in [2.45, 2.75) is 58.9 Å². The molecule has 4 heterocycles. The third-order valence-electron chi connectivity index (χ3n) is 6.59. The summed E-state index contributed by atoms with van der Waals surface area (Å²) < 4.78 is 0. The topological polar surface area (TPSA) is 52.6 Å². The van der Waals surface area contributed by atoms with E-state index in [2.05, 4.69) is 40.5 Å². The van der Waals surface area contributed by atoms with E-state index in [0.29, 0.717) is 6.04 Å². The van der Waals surface area contributed by atoms with Gasteiger partial charge in [0.1, 0.15) is 17.0 Å². The molecule has 158 valence electrons. The number of amides is 1. The minimum Gasteiger partial charge on any atom is -0.356 e. The Morgan fingerprint density at radius 3 is 2.55 bits per heavy atom. The maximum absolute atomic E-state index is 13.4. The molecule has 0 radical (unpaired) electrons. The Morgan fingerprint density at radius 2 is 1.86 bits per heavy atom. The van der Waals surface area contributed by atoms with Crippen LogP contribution in [0.4, 0.5) is 5.82 Å². The van der Waals surface area contributed by atoms with Gasteiger partial charge in [-0.3, -0.25) is 9.69 Å². The first kappa shape index (κ1) is 20.5. The first-order chi connectivity index (χ1) is 14.1. The summed E-state index contributed by atoms with van der Waals surface area (Å²) in [5, 5.41) is 1.09. The summed E-state index contributed by atoms with van der Waals surface area (Å²) in [4.78, 5) is 31.2. The quantitative estimate of drug-likeness (QED) is 0.740. The van der Waals surface area contributed by atoms with E-state index >= 15 is 0 Å². The molecule has 7 heteroatoms. The van der Waals surface area contributed by atoms with Crippen LogP contribution in [-0.2, 0) is 0 Å². The highest BCUT2D eigenvalue weighted by Gasteiger charge is 2.32. The molecule has 0 aliphatic carbocycles. The van der Waals surface area contributed by atoms with E-state index in [9.17, 15) is 4.79 Å². The van der Waals surface area contributed by atoms with Crippen molar-refractivity contribution < 1.29 is 4.79 Å². The fourth-order valence-corrected chi connectivity index (χ4v) is 6.00. The van der Waals surface area contributed by atoms with Crippen LogP contribution in [0.3, 0.4) is 0 Å². The molecular weight excluding hydrogens is 382 g/mol. The van der Waals surface area contributed by atoms with Gasteiger partial charge in [-0.25, -0.2) is 9.97 Å². The summed E-state index contributed by atoms with van der Waals surface area (Å²) in [7, 11) is 0. The van der Waals surface area contributed by atoms with Crippen molar-refractivity contribution >= 4 is 33.3 Å². The summed E-state index contributed by atoms with van der Waals surface area (Å²) in [6.07, 6.45) is 7.73.